The minimum absolute atomic E-state index is 0.00921. The molecular weight excluding hydrogens is 224 g/mol. The van der Waals surface area contributed by atoms with Gasteiger partial charge in [-0.25, -0.2) is 0 Å². The third-order valence-corrected chi connectivity index (χ3v) is 4.51. The first-order valence-corrected chi connectivity index (χ1v) is 6.80. The van der Waals surface area contributed by atoms with Crippen molar-refractivity contribution in [1.82, 2.24) is 5.32 Å². The summed E-state index contributed by atoms with van der Waals surface area (Å²) in [4.78, 5) is 12.2. The Labute approximate surface area is 108 Å². The lowest BCUT2D eigenvalue weighted by Crippen LogP contribution is -2.38. The molecule has 0 spiro atoms. The van der Waals surface area contributed by atoms with Gasteiger partial charge in [-0.05, 0) is 55.7 Å². The predicted octanol–water partition coefficient (Wildman–Crippen LogP) is 2.50. The zero-order valence-corrected chi connectivity index (χ0v) is 10.8. The fourth-order valence-corrected chi connectivity index (χ4v) is 3.56. The molecule has 3 unspecified atom stereocenters. The fraction of sp³-hybridized carbons (Fsp3) is 0.533. The van der Waals surface area contributed by atoms with Crippen molar-refractivity contribution in [1.29, 1.82) is 0 Å². The molecule has 3 nitrogen and oxygen atoms in total. The molecule has 3 atom stereocenters. The van der Waals surface area contributed by atoms with Crippen molar-refractivity contribution in [3.8, 4) is 0 Å². The van der Waals surface area contributed by atoms with Crippen LogP contribution in [0.1, 0.15) is 41.6 Å². The Morgan fingerprint density at radius 1 is 1.33 bits per heavy atom. The number of nitrogens with two attached hydrogens (primary N) is 1. The smallest absolute Gasteiger partial charge is 0.253 e. The summed E-state index contributed by atoms with van der Waals surface area (Å²) < 4.78 is 0. The monoisotopic (exact) mass is 244 g/mol. The number of amides is 1. The molecule has 0 heterocycles. The van der Waals surface area contributed by atoms with Crippen LogP contribution in [0.2, 0.25) is 0 Å². The van der Waals surface area contributed by atoms with Crippen LogP contribution in [-0.4, -0.2) is 11.9 Å². The van der Waals surface area contributed by atoms with Crippen LogP contribution in [0.15, 0.2) is 18.2 Å². The van der Waals surface area contributed by atoms with Crippen LogP contribution in [0, 0.1) is 18.8 Å². The van der Waals surface area contributed by atoms with Crippen molar-refractivity contribution in [3.05, 3.63) is 29.3 Å². The Morgan fingerprint density at radius 3 is 2.78 bits per heavy atom. The van der Waals surface area contributed by atoms with Gasteiger partial charge in [0.05, 0.1) is 5.56 Å². The third-order valence-electron chi connectivity index (χ3n) is 4.51. The molecule has 1 aromatic rings. The summed E-state index contributed by atoms with van der Waals surface area (Å²) in [6, 6.07) is 5.99. The topological polar surface area (TPSA) is 55.1 Å². The Kier molecular flexibility index (Phi) is 2.77. The van der Waals surface area contributed by atoms with E-state index < -0.39 is 0 Å². The summed E-state index contributed by atoms with van der Waals surface area (Å²) in [6.07, 6.45) is 5.08. The second kappa shape index (κ2) is 4.30. The van der Waals surface area contributed by atoms with Crippen LogP contribution in [0.3, 0.4) is 0 Å². The first-order chi connectivity index (χ1) is 8.63. The zero-order valence-electron chi connectivity index (χ0n) is 10.8. The summed E-state index contributed by atoms with van der Waals surface area (Å²) in [5.41, 5.74) is 8.19. The van der Waals surface area contributed by atoms with Gasteiger partial charge >= 0.3 is 0 Å². The van der Waals surface area contributed by atoms with Crippen LogP contribution < -0.4 is 11.1 Å². The number of benzene rings is 1. The first kappa shape index (κ1) is 11.6. The van der Waals surface area contributed by atoms with E-state index in [4.69, 9.17) is 5.73 Å². The maximum atomic E-state index is 12.2. The average molecular weight is 244 g/mol. The Hall–Kier alpha value is -1.51. The number of fused-ring (bicyclic) bond motifs is 2. The fourth-order valence-electron chi connectivity index (χ4n) is 3.56. The van der Waals surface area contributed by atoms with Crippen LogP contribution in [-0.2, 0) is 0 Å². The zero-order chi connectivity index (χ0) is 12.7. The Balaban J connectivity index is 1.71. The number of hydrogen-bond donors (Lipinski definition) is 2. The summed E-state index contributed by atoms with van der Waals surface area (Å²) in [7, 11) is 0. The van der Waals surface area contributed by atoms with Gasteiger partial charge in [0, 0.05) is 11.7 Å². The van der Waals surface area contributed by atoms with E-state index in [1.54, 1.807) is 0 Å². The van der Waals surface area contributed by atoms with Crippen LogP contribution >= 0.6 is 0 Å². The van der Waals surface area contributed by atoms with Gasteiger partial charge in [0.25, 0.3) is 5.91 Å². The van der Waals surface area contributed by atoms with E-state index in [2.05, 4.69) is 5.32 Å². The highest BCUT2D eigenvalue weighted by Crippen LogP contribution is 2.44. The highest BCUT2D eigenvalue weighted by atomic mass is 16.1. The normalized spacial score (nSPS) is 29.5. The molecule has 0 aromatic heterocycles. The summed E-state index contributed by atoms with van der Waals surface area (Å²) in [5, 5.41) is 3.17. The number of anilines is 1. The van der Waals surface area contributed by atoms with Crippen LogP contribution in [0.5, 0.6) is 0 Å². The molecule has 2 saturated carbocycles. The molecule has 0 saturated heterocycles. The molecule has 96 valence electrons. The third kappa shape index (κ3) is 1.98. The maximum Gasteiger partial charge on any atom is 0.253 e. The average Bonchev–Trinajstić information content (AvgIpc) is 2.90. The second-order valence-corrected chi connectivity index (χ2v) is 5.85. The van der Waals surface area contributed by atoms with E-state index >= 15 is 0 Å². The van der Waals surface area contributed by atoms with Gasteiger partial charge in [0.1, 0.15) is 0 Å². The minimum atomic E-state index is -0.00921. The van der Waals surface area contributed by atoms with Crippen molar-refractivity contribution in [2.45, 2.75) is 38.6 Å². The van der Waals surface area contributed by atoms with Gasteiger partial charge in [0.15, 0.2) is 0 Å². The molecule has 0 aliphatic heterocycles. The van der Waals surface area contributed by atoms with E-state index in [0.29, 0.717) is 23.2 Å². The lowest BCUT2D eigenvalue weighted by Gasteiger charge is -2.23. The minimum Gasteiger partial charge on any atom is -0.398 e. The number of aryl methyl sites for hydroxylation is 1. The molecular formula is C15H20N2O. The first-order valence-electron chi connectivity index (χ1n) is 6.80. The molecule has 3 N–H and O–H groups in total. The number of rotatable bonds is 2. The quantitative estimate of drug-likeness (QED) is 0.785. The van der Waals surface area contributed by atoms with Gasteiger partial charge in [-0.2, -0.15) is 0 Å². The second-order valence-electron chi connectivity index (χ2n) is 5.85. The van der Waals surface area contributed by atoms with Crippen molar-refractivity contribution >= 4 is 11.6 Å². The molecule has 2 bridgehead atoms. The van der Waals surface area contributed by atoms with Gasteiger partial charge in [-0.1, -0.05) is 12.5 Å². The van der Waals surface area contributed by atoms with Crippen molar-refractivity contribution in [3.63, 3.8) is 0 Å². The molecule has 1 amide bonds. The molecule has 2 aliphatic carbocycles. The predicted molar refractivity (Wildman–Crippen MR) is 72.3 cm³/mol. The molecule has 0 radical (unpaired) electrons. The standard InChI is InChI=1S/C15H20N2O/c1-9-2-5-12(13(16)6-9)15(18)17-14-8-10-3-4-11(14)7-10/h2,5-6,10-11,14H,3-4,7-8,16H2,1H3,(H,17,18). The van der Waals surface area contributed by atoms with E-state index in [1.165, 1.54) is 19.3 Å². The highest BCUT2D eigenvalue weighted by molar-refractivity contribution is 5.99. The number of carbonyl (C=O) groups is 1. The number of carbonyl (C=O) groups excluding carboxylic acids is 1. The summed E-state index contributed by atoms with van der Waals surface area (Å²) in [6.45, 7) is 1.98. The van der Waals surface area contributed by atoms with E-state index in [9.17, 15) is 4.79 Å². The molecule has 3 rings (SSSR count). The molecule has 18 heavy (non-hydrogen) atoms. The summed E-state index contributed by atoms with van der Waals surface area (Å²) >= 11 is 0. The van der Waals surface area contributed by atoms with Crippen molar-refractivity contribution in [2.75, 3.05) is 5.73 Å². The van der Waals surface area contributed by atoms with Crippen molar-refractivity contribution in [2.24, 2.45) is 11.8 Å². The lowest BCUT2D eigenvalue weighted by atomic mass is 9.95. The maximum absolute atomic E-state index is 12.2. The Bertz CT molecular complexity index is 483. The van der Waals surface area contributed by atoms with Gasteiger partial charge in [0.2, 0.25) is 0 Å². The van der Waals surface area contributed by atoms with Gasteiger partial charge in [-0.15, -0.1) is 0 Å². The SMILES string of the molecule is Cc1ccc(C(=O)NC2CC3CCC2C3)c(N)c1. The highest BCUT2D eigenvalue weighted by Gasteiger charge is 2.40. The molecule has 2 aliphatic rings. The van der Waals surface area contributed by atoms with E-state index in [1.807, 2.05) is 25.1 Å². The van der Waals surface area contributed by atoms with E-state index in [-0.39, 0.29) is 5.91 Å². The van der Waals surface area contributed by atoms with Crippen LogP contribution in [0.4, 0.5) is 5.69 Å². The lowest BCUT2D eigenvalue weighted by molar-refractivity contribution is 0.0924. The van der Waals surface area contributed by atoms with Gasteiger partial charge < -0.3 is 11.1 Å². The van der Waals surface area contributed by atoms with E-state index in [0.717, 1.165) is 17.9 Å². The number of nitrogen functional groups attached to an aromatic ring is 1. The van der Waals surface area contributed by atoms with Crippen LogP contribution in [0.25, 0.3) is 0 Å². The molecule has 3 heteroatoms. The Morgan fingerprint density at radius 2 is 2.17 bits per heavy atom. The van der Waals surface area contributed by atoms with Gasteiger partial charge in [-0.3, -0.25) is 4.79 Å². The summed E-state index contributed by atoms with van der Waals surface area (Å²) in [5.74, 6) is 1.53. The van der Waals surface area contributed by atoms with Crippen molar-refractivity contribution < 1.29 is 4.79 Å². The molecule has 1 aromatic carbocycles. The number of hydrogen-bond acceptors (Lipinski definition) is 2. The molecule has 2 fully saturated rings. The largest absolute Gasteiger partial charge is 0.398 e. The number of nitrogens with one attached hydrogen (secondary N) is 1.